The van der Waals surface area contributed by atoms with E-state index in [1.165, 1.54) is 25.7 Å². The topological polar surface area (TPSA) is 68.5 Å². The minimum absolute atomic E-state index is 0.0300. The predicted molar refractivity (Wildman–Crippen MR) is 101 cm³/mol. The van der Waals surface area contributed by atoms with Crippen molar-refractivity contribution < 1.29 is 13.9 Å². The average Bonchev–Trinajstić information content (AvgIpc) is 3.43. The second-order valence-corrected chi connectivity index (χ2v) is 7.79. The lowest BCUT2D eigenvalue weighted by molar-refractivity contribution is -0.131. The van der Waals surface area contributed by atoms with Gasteiger partial charge in [-0.3, -0.25) is 4.79 Å². The fourth-order valence-corrected chi connectivity index (χ4v) is 4.41. The van der Waals surface area contributed by atoms with Gasteiger partial charge in [-0.2, -0.15) is 0 Å². The Morgan fingerprint density at radius 1 is 1.19 bits per heavy atom. The molecular weight excluding hydrogens is 342 g/mol. The summed E-state index contributed by atoms with van der Waals surface area (Å²) in [6, 6.07) is 9.77. The van der Waals surface area contributed by atoms with E-state index in [1.807, 2.05) is 35.2 Å². The number of hydrogen-bond acceptors (Lipinski definition) is 5. The Morgan fingerprint density at radius 3 is 2.70 bits per heavy atom. The third kappa shape index (κ3) is 4.05. The van der Waals surface area contributed by atoms with Crippen molar-refractivity contribution in [1.29, 1.82) is 0 Å². The van der Waals surface area contributed by atoms with E-state index >= 15 is 0 Å². The van der Waals surface area contributed by atoms with Gasteiger partial charge in [0.2, 0.25) is 17.7 Å². The van der Waals surface area contributed by atoms with Gasteiger partial charge in [0.05, 0.1) is 12.5 Å². The molecule has 4 rings (SSSR count). The Hall–Kier alpha value is -2.21. The summed E-state index contributed by atoms with van der Waals surface area (Å²) in [5, 5.41) is 8.51. The van der Waals surface area contributed by atoms with Crippen molar-refractivity contribution in [2.45, 2.75) is 38.0 Å². The zero-order valence-electron chi connectivity index (χ0n) is 15.8. The number of amides is 1. The first kappa shape index (κ1) is 18.2. The van der Waals surface area contributed by atoms with Crippen molar-refractivity contribution in [2.24, 2.45) is 11.8 Å². The molecule has 6 nitrogen and oxygen atoms in total. The Kier molecular flexibility index (Phi) is 5.53. The lowest BCUT2D eigenvalue weighted by Gasteiger charge is -2.18. The fraction of sp³-hybridized carbons (Fsp3) is 0.571. The molecule has 2 heterocycles. The largest absolute Gasteiger partial charge is 0.420 e. The summed E-state index contributed by atoms with van der Waals surface area (Å²) in [4.78, 5) is 14.7. The monoisotopic (exact) mass is 369 g/mol. The molecule has 1 aliphatic heterocycles. The predicted octanol–water partition coefficient (Wildman–Crippen LogP) is 3.51. The molecule has 2 atom stereocenters. The lowest BCUT2D eigenvalue weighted by Crippen LogP contribution is -2.30. The van der Waals surface area contributed by atoms with Crippen molar-refractivity contribution in [3.8, 4) is 11.5 Å². The molecule has 6 heteroatoms. The van der Waals surface area contributed by atoms with Crippen molar-refractivity contribution in [1.82, 2.24) is 15.1 Å². The zero-order valence-corrected chi connectivity index (χ0v) is 15.8. The molecule has 0 spiro atoms. The second-order valence-electron chi connectivity index (χ2n) is 7.79. The maximum absolute atomic E-state index is 12.8. The van der Waals surface area contributed by atoms with E-state index in [0.29, 0.717) is 43.8 Å². The van der Waals surface area contributed by atoms with Crippen LogP contribution in [-0.4, -0.2) is 47.8 Å². The zero-order chi connectivity index (χ0) is 18.6. The first-order valence-electron chi connectivity index (χ1n) is 9.90. The van der Waals surface area contributed by atoms with Crippen LogP contribution in [0.15, 0.2) is 34.7 Å². The van der Waals surface area contributed by atoms with Gasteiger partial charge >= 0.3 is 0 Å². The molecule has 1 amide bonds. The smallest absolute Gasteiger partial charge is 0.247 e. The van der Waals surface area contributed by atoms with Crippen molar-refractivity contribution in [3.05, 3.63) is 36.2 Å². The van der Waals surface area contributed by atoms with Crippen LogP contribution in [0.4, 0.5) is 0 Å². The number of methoxy groups -OCH3 is 1. The molecule has 27 heavy (non-hydrogen) atoms. The number of hydrogen-bond donors (Lipinski definition) is 0. The summed E-state index contributed by atoms with van der Waals surface area (Å²) in [6.45, 7) is 1.92. The van der Waals surface area contributed by atoms with Gasteiger partial charge in [-0.25, -0.2) is 0 Å². The highest BCUT2D eigenvalue weighted by Crippen LogP contribution is 2.35. The molecule has 2 unspecified atom stereocenters. The highest BCUT2D eigenvalue weighted by Gasteiger charge is 2.39. The van der Waals surface area contributed by atoms with E-state index in [-0.39, 0.29) is 17.7 Å². The van der Waals surface area contributed by atoms with Gasteiger partial charge in [-0.15, -0.1) is 10.2 Å². The molecule has 1 saturated heterocycles. The summed E-state index contributed by atoms with van der Waals surface area (Å²) in [7, 11) is 1.70. The van der Waals surface area contributed by atoms with Gasteiger partial charge in [-0.05, 0) is 30.9 Å². The highest BCUT2D eigenvalue weighted by molar-refractivity contribution is 5.77. The van der Waals surface area contributed by atoms with Gasteiger partial charge in [0, 0.05) is 38.1 Å². The van der Waals surface area contributed by atoms with Crippen LogP contribution in [0.25, 0.3) is 11.5 Å². The number of ether oxygens (including phenoxy) is 1. The van der Waals surface area contributed by atoms with E-state index in [0.717, 1.165) is 5.56 Å². The third-order valence-corrected chi connectivity index (χ3v) is 5.89. The van der Waals surface area contributed by atoms with E-state index in [4.69, 9.17) is 9.15 Å². The summed E-state index contributed by atoms with van der Waals surface area (Å²) in [6.07, 6.45) is 5.57. The average molecular weight is 369 g/mol. The van der Waals surface area contributed by atoms with Crippen LogP contribution < -0.4 is 0 Å². The number of aromatic nitrogens is 2. The first-order valence-corrected chi connectivity index (χ1v) is 9.90. The Balaban J connectivity index is 1.47. The van der Waals surface area contributed by atoms with Gasteiger partial charge in [0.15, 0.2) is 0 Å². The molecule has 1 aromatic heterocycles. The van der Waals surface area contributed by atoms with Gasteiger partial charge in [0.25, 0.3) is 0 Å². The van der Waals surface area contributed by atoms with E-state index in [2.05, 4.69) is 10.2 Å². The summed E-state index contributed by atoms with van der Waals surface area (Å²) < 4.78 is 11.4. The minimum Gasteiger partial charge on any atom is -0.420 e. The molecule has 0 radical (unpaired) electrons. The maximum Gasteiger partial charge on any atom is 0.247 e. The maximum atomic E-state index is 12.8. The van der Waals surface area contributed by atoms with Crippen LogP contribution in [0.5, 0.6) is 0 Å². The van der Waals surface area contributed by atoms with Crippen LogP contribution in [0.3, 0.4) is 0 Å². The molecule has 1 aromatic carbocycles. The third-order valence-electron chi connectivity index (χ3n) is 5.89. The van der Waals surface area contributed by atoms with Crippen molar-refractivity contribution >= 4 is 5.91 Å². The lowest BCUT2D eigenvalue weighted by atomic mass is 9.97. The summed E-state index contributed by atoms with van der Waals surface area (Å²) >= 11 is 0. The normalized spacial score (nSPS) is 23.2. The Bertz CT molecular complexity index is 755. The standard InChI is InChI=1S/C21H27N3O3/c1-26-14-17-12-24(19(25)11-15-7-5-6-8-15)13-18(17)21-23-22-20(27-21)16-9-3-2-4-10-16/h2-4,9-10,15,17-18H,5-8,11-14H2,1H3. The highest BCUT2D eigenvalue weighted by atomic mass is 16.5. The molecule has 144 valence electrons. The molecule has 2 aromatic rings. The Labute approximate surface area is 159 Å². The van der Waals surface area contributed by atoms with E-state index in [1.54, 1.807) is 7.11 Å². The SMILES string of the molecule is COCC1CN(C(=O)CC2CCCC2)CC1c1nnc(-c2ccccc2)o1. The van der Waals surface area contributed by atoms with Crippen LogP contribution in [-0.2, 0) is 9.53 Å². The molecule has 2 fully saturated rings. The van der Waals surface area contributed by atoms with Crippen molar-refractivity contribution in [3.63, 3.8) is 0 Å². The molecular formula is C21H27N3O3. The minimum atomic E-state index is 0.0300. The van der Waals surface area contributed by atoms with Gasteiger partial charge < -0.3 is 14.1 Å². The molecule has 0 N–H and O–H groups in total. The number of rotatable bonds is 6. The van der Waals surface area contributed by atoms with Crippen LogP contribution in [0.1, 0.15) is 43.9 Å². The number of benzene rings is 1. The quantitative estimate of drug-likeness (QED) is 0.779. The van der Waals surface area contributed by atoms with Gasteiger partial charge in [0.1, 0.15) is 0 Å². The molecule has 1 aliphatic carbocycles. The summed E-state index contributed by atoms with van der Waals surface area (Å²) in [5.74, 6) is 2.16. The number of nitrogens with zero attached hydrogens (tertiary/aromatic N) is 3. The molecule has 0 bridgehead atoms. The second kappa shape index (κ2) is 8.21. The van der Waals surface area contributed by atoms with E-state index in [9.17, 15) is 4.79 Å². The van der Waals surface area contributed by atoms with Crippen LogP contribution in [0.2, 0.25) is 0 Å². The number of carbonyl (C=O) groups is 1. The number of likely N-dealkylation sites (tertiary alicyclic amines) is 1. The molecule has 2 aliphatic rings. The number of carbonyl (C=O) groups excluding carboxylic acids is 1. The van der Waals surface area contributed by atoms with Gasteiger partial charge in [-0.1, -0.05) is 31.0 Å². The van der Waals surface area contributed by atoms with E-state index < -0.39 is 0 Å². The van der Waals surface area contributed by atoms with Crippen molar-refractivity contribution in [2.75, 3.05) is 26.8 Å². The summed E-state index contributed by atoms with van der Waals surface area (Å²) in [5.41, 5.74) is 0.909. The Morgan fingerprint density at radius 2 is 1.96 bits per heavy atom. The first-order chi connectivity index (χ1) is 13.2. The van der Waals surface area contributed by atoms with Crippen LogP contribution in [0, 0.1) is 11.8 Å². The fourth-order valence-electron chi connectivity index (χ4n) is 4.41. The van der Waals surface area contributed by atoms with Crippen LogP contribution >= 0.6 is 0 Å². The molecule has 1 saturated carbocycles.